The largest absolute Gasteiger partial charge is 0.370 e. The van der Waals surface area contributed by atoms with Crippen LogP contribution in [0.1, 0.15) is 138 Å². The van der Waals surface area contributed by atoms with Crippen molar-refractivity contribution < 1.29 is 38.4 Å². The fourth-order valence-electron chi connectivity index (χ4n) is 6.75. The Morgan fingerprint density at radius 3 is 1.51 bits per heavy atom. The third-order valence-corrected chi connectivity index (χ3v) is 10.7. The summed E-state index contributed by atoms with van der Waals surface area (Å²) in [4.78, 5) is 113. The lowest BCUT2D eigenvalue weighted by Gasteiger charge is -2.28. The number of carbonyl (C=O) groups excluding carboxylic acids is 8. The molecule has 7 amide bonds. The number of nitrogens with zero attached hydrogens (tertiary/aromatic N) is 2. The van der Waals surface area contributed by atoms with Crippen LogP contribution in [0.25, 0.3) is 0 Å². The van der Waals surface area contributed by atoms with E-state index in [1.165, 1.54) is 13.3 Å². The number of nitrogens with two attached hydrogens (primary N) is 6. The van der Waals surface area contributed by atoms with Crippen molar-refractivity contribution in [2.75, 3.05) is 32.7 Å². The van der Waals surface area contributed by atoms with Gasteiger partial charge in [-0.2, -0.15) is 0 Å². The van der Waals surface area contributed by atoms with Gasteiger partial charge in [0.15, 0.2) is 17.7 Å². The molecular weight excluding hydrogens is 867 g/mol. The molecular formula is C44H85N15O8. The van der Waals surface area contributed by atoms with Gasteiger partial charge in [0.05, 0.1) is 25.2 Å². The maximum Gasteiger partial charge on any atom is 0.243 e. The van der Waals surface area contributed by atoms with Crippen LogP contribution in [0.3, 0.4) is 0 Å². The molecule has 0 aromatic rings. The first kappa shape index (κ1) is 61.4. The first-order chi connectivity index (χ1) is 31.6. The Morgan fingerprint density at radius 1 is 0.493 bits per heavy atom. The molecule has 0 aliphatic heterocycles. The molecule has 0 fully saturated rings. The van der Waals surface area contributed by atoms with Crippen molar-refractivity contribution in [3.63, 3.8) is 0 Å². The number of Topliss-reactive ketones (excluding diaryl/α,β-unsaturated/α-hetero) is 1. The molecule has 0 saturated heterocycles. The van der Waals surface area contributed by atoms with Crippen molar-refractivity contribution in [1.82, 2.24) is 37.2 Å². The van der Waals surface area contributed by atoms with Gasteiger partial charge in [-0.05, 0) is 76.7 Å². The van der Waals surface area contributed by atoms with E-state index >= 15 is 0 Å². The molecule has 23 heteroatoms. The van der Waals surface area contributed by atoms with Crippen LogP contribution in [-0.4, -0.2) is 128 Å². The first-order valence-corrected chi connectivity index (χ1v) is 23.8. The molecule has 0 heterocycles. The van der Waals surface area contributed by atoms with Crippen molar-refractivity contribution >= 4 is 59.1 Å². The van der Waals surface area contributed by atoms with Gasteiger partial charge in [0.2, 0.25) is 41.4 Å². The minimum Gasteiger partial charge on any atom is -0.370 e. The molecule has 0 radical (unpaired) electrons. The zero-order chi connectivity index (χ0) is 50.9. The number of ketones is 1. The van der Waals surface area contributed by atoms with Crippen LogP contribution in [0, 0.1) is 11.8 Å². The van der Waals surface area contributed by atoms with E-state index in [9.17, 15) is 38.4 Å². The maximum absolute atomic E-state index is 14.0. The van der Waals surface area contributed by atoms with Crippen LogP contribution >= 0.6 is 0 Å². The monoisotopic (exact) mass is 952 g/mol. The summed E-state index contributed by atoms with van der Waals surface area (Å²) in [5, 5.41) is 18.9. The zero-order valence-electron chi connectivity index (χ0n) is 40.9. The molecule has 0 aromatic carbocycles. The molecule has 6 atom stereocenters. The topological polar surface area (TPSA) is 402 Å². The van der Waals surface area contributed by atoms with Gasteiger partial charge in [-0.25, -0.2) is 0 Å². The van der Waals surface area contributed by atoms with E-state index in [4.69, 9.17) is 34.4 Å². The van der Waals surface area contributed by atoms with E-state index in [1.54, 1.807) is 27.7 Å². The molecule has 23 nitrogen and oxygen atoms in total. The average Bonchev–Trinajstić information content (AvgIpc) is 3.26. The predicted octanol–water partition coefficient (Wildman–Crippen LogP) is -1.75. The smallest absolute Gasteiger partial charge is 0.243 e. The number of hydrogen-bond acceptors (Lipinski definition) is 12. The van der Waals surface area contributed by atoms with Crippen molar-refractivity contribution in [2.24, 2.45) is 56.2 Å². The SMILES string of the molecule is CCCCCCCCCC(=O)N[C@@H](CCCN=C(N)N)C(=O)N[C@H](C(=O)N[C@@H](CCCCN)C(=O)N[C@H](CCCN=C(N)N)C(=O)CN[C@@H](C)C(=O)N[C@H](C(=O)NCC(N)=O)C(C)C)C(C)C. The van der Waals surface area contributed by atoms with E-state index in [2.05, 4.69) is 54.1 Å². The van der Waals surface area contributed by atoms with Crippen molar-refractivity contribution in [2.45, 2.75) is 174 Å². The van der Waals surface area contributed by atoms with Gasteiger partial charge in [-0.3, -0.25) is 53.7 Å². The van der Waals surface area contributed by atoms with Crippen molar-refractivity contribution in [1.29, 1.82) is 0 Å². The van der Waals surface area contributed by atoms with Gasteiger partial charge in [0.25, 0.3) is 0 Å². The second kappa shape index (κ2) is 35.6. The Kier molecular flexibility index (Phi) is 32.6. The molecule has 0 aromatic heterocycles. The fourth-order valence-corrected chi connectivity index (χ4v) is 6.75. The van der Waals surface area contributed by atoms with Gasteiger partial charge in [0.1, 0.15) is 24.2 Å². The summed E-state index contributed by atoms with van der Waals surface area (Å²) in [5.41, 5.74) is 32.8. The van der Waals surface area contributed by atoms with Crippen LogP contribution in [0.4, 0.5) is 0 Å². The Hall–Kier alpha value is -5.58. The highest BCUT2D eigenvalue weighted by Gasteiger charge is 2.33. The summed E-state index contributed by atoms with van der Waals surface area (Å²) in [6, 6.07) is -6.38. The summed E-state index contributed by atoms with van der Waals surface area (Å²) < 4.78 is 0. The third kappa shape index (κ3) is 28.9. The summed E-state index contributed by atoms with van der Waals surface area (Å²) in [6.07, 6.45) is 9.40. The van der Waals surface area contributed by atoms with Gasteiger partial charge in [-0.1, -0.05) is 73.1 Å². The number of amides is 7. The molecule has 0 saturated carbocycles. The van der Waals surface area contributed by atoms with Crippen LogP contribution in [0.2, 0.25) is 0 Å². The minimum atomic E-state index is -1.16. The van der Waals surface area contributed by atoms with Gasteiger partial charge in [0, 0.05) is 19.5 Å². The molecule has 0 bridgehead atoms. The molecule has 67 heavy (non-hydrogen) atoms. The van der Waals surface area contributed by atoms with Crippen LogP contribution in [0.15, 0.2) is 9.98 Å². The van der Waals surface area contributed by atoms with Gasteiger partial charge in [-0.15, -0.1) is 0 Å². The minimum absolute atomic E-state index is 0.0858. The molecule has 384 valence electrons. The molecule has 0 spiro atoms. The number of hydrogen-bond donors (Lipinski definition) is 13. The molecule has 0 aliphatic carbocycles. The summed E-state index contributed by atoms with van der Waals surface area (Å²) in [6.45, 7) is 10.4. The highest BCUT2D eigenvalue weighted by atomic mass is 16.2. The van der Waals surface area contributed by atoms with Gasteiger partial charge < -0.3 is 66.3 Å². The summed E-state index contributed by atoms with van der Waals surface area (Å²) in [7, 11) is 0. The fraction of sp³-hybridized carbons (Fsp3) is 0.773. The van der Waals surface area contributed by atoms with E-state index in [0.29, 0.717) is 32.2 Å². The Bertz CT molecular complexity index is 1600. The number of rotatable bonds is 38. The van der Waals surface area contributed by atoms with E-state index in [-0.39, 0.29) is 75.5 Å². The molecule has 19 N–H and O–H groups in total. The Morgan fingerprint density at radius 2 is 0.970 bits per heavy atom. The zero-order valence-corrected chi connectivity index (χ0v) is 40.9. The summed E-state index contributed by atoms with van der Waals surface area (Å²) >= 11 is 0. The summed E-state index contributed by atoms with van der Waals surface area (Å²) in [5.74, 6) is -5.79. The van der Waals surface area contributed by atoms with Crippen LogP contribution in [0.5, 0.6) is 0 Å². The lowest BCUT2D eigenvalue weighted by atomic mass is 10.00. The standard InChI is InChI=1S/C44H85N15O8/c1-7-8-9-10-11-12-13-21-35(62)55-31(20-17-24-52-44(49)50)40(65)59-37(28(4)5)42(67)57-32(18-14-15-22-45)39(64)56-30(19-16-23-51-43(47)48)33(60)25-53-29(6)38(63)58-36(27(2)3)41(66)54-26-34(46)61/h27-32,36-37,53H,7-26,45H2,1-6H3,(H2,46,61)(H,54,66)(H,55,62)(H,56,64)(H,57,67)(H,58,63)(H,59,65)(H4,47,48,51)(H4,49,50,52)/t29-,30+,31-,32-,36-,37-/m0/s1. The number of carbonyl (C=O) groups is 8. The van der Waals surface area contributed by atoms with E-state index in [1.807, 2.05) is 0 Å². The normalized spacial score (nSPS) is 13.7. The Labute approximate surface area is 396 Å². The van der Waals surface area contributed by atoms with E-state index < -0.39 is 89.9 Å². The predicted molar refractivity (Wildman–Crippen MR) is 259 cm³/mol. The van der Waals surface area contributed by atoms with Crippen molar-refractivity contribution in [3.8, 4) is 0 Å². The number of nitrogens with one attached hydrogen (secondary N) is 7. The molecule has 0 unspecified atom stereocenters. The second-order valence-corrected chi connectivity index (χ2v) is 17.5. The van der Waals surface area contributed by atoms with Crippen molar-refractivity contribution in [3.05, 3.63) is 0 Å². The first-order valence-electron chi connectivity index (χ1n) is 23.8. The maximum atomic E-state index is 14.0. The second-order valence-electron chi connectivity index (χ2n) is 17.5. The molecule has 0 rings (SSSR count). The van der Waals surface area contributed by atoms with Crippen LogP contribution < -0.4 is 71.6 Å². The highest BCUT2D eigenvalue weighted by molar-refractivity contribution is 5.97. The Balaban J connectivity index is 6.19. The third-order valence-electron chi connectivity index (χ3n) is 10.7. The number of primary amides is 1. The lowest BCUT2D eigenvalue weighted by molar-refractivity contribution is -0.135. The average molecular weight is 952 g/mol. The quantitative estimate of drug-likeness (QED) is 0.0186. The lowest BCUT2D eigenvalue weighted by Crippen LogP contribution is -2.59. The van der Waals surface area contributed by atoms with Gasteiger partial charge >= 0.3 is 0 Å². The number of aliphatic imine (C=N–C) groups is 2. The highest BCUT2D eigenvalue weighted by Crippen LogP contribution is 2.12. The number of unbranched alkanes of at least 4 members (excludes halogenated alkanes) is 7. The molecule has 0 aliphatic rings. The van der Waals surface area contributed by atoms with Crippen LogP contribution in [-0.2, 0) is 38.4 Å². The van der Waals surface area contributed by atoms with E-state index in [0.717, 1.165) is 32.1 Å². The number of guanidine groups is 2.